The maximum Gasteiger partial charge on any atom is 0.251 e. The Morgan fingerprint density at radius 1 is 1.22 bits per heavy atom. The van der Waals surface area contributed by atoms with Crippen molar-refractivity contribution in [2.75, 3.05) is 11.9 Å². The molecule has 0 saturated carbocycles. The van der Waals surface area contributed by atoms with E-state index in [2.05, 4.69) is 10.6 Å². The SMILES string of the molecule is CCNc1ccc(C(=O)NCc2ccsc2)cc1. The Bertz CT molecular complexity index is 491. The molecule has 2 aromatic rings. The van der Waals surface area contributed by atoms with E-state index in [1.54, 1.807) is 11.3 Å². The standard InChI is InChI=1S/C14H16N2OS/c1-2-15-13-5-3-12(4-6-13)14(17)16-9-11-7-8-18-10-11/h3-8,10,15H,2,9H2,1H3,(H,16,17). The van der Waals surface area contributed by atoms with E-state index in [0.29, 0.717) is 12.1 Å². The van der Waals surface area contributed by atoms with Crippen molar-refractivity contribution in [3.63, 3.8) is 0 Å². The first-order chi connectivity index (χ1) is 8.79. The molecule has 4 heteroatoms. The summed E-state index contributed by atoms with van der Waals surface area (Å²) >= 11 is 1.63. The van der Waals surface area contributed by atoms with Crippen LogP contribution in [0.4, 0.5) is 5.69 Å². The van der Waals surface area contributed by atoms with Gasteiger partial charge in [-0.05, 0) is 53.6 Å². The van der Waals surface area contributed by atoms with Crippen LogP contribution in [-0.4, -0.2) is 12.5 Å². The first kappa shape index (κ1) is 12.6. The smallest absolute Gasteiger partial charge is 0.251 e. The van der Waals surface area contributed by atoms with Crippen LogP contribution in [0.3, 0.4) is 0 Å². The maximum absolute atomic E-state index is 11.9. The van der Waals surface area contributed by atoms with Crippen molar-refractivity contribution >= 4 is 22.9 Å². The van der Waals surface area contributed by atoms with Crippen LogP contribution in [0.25, 0.3) is 0 Å². The predicted molar refractivity (Wildman–Crippen MR) is 76.1 cm³/mol. The highest BCUT2D eigenvalue weighted by atomic mass is 32.1. The first-order valence-electron chi connectivity index (χ1n) is 5.93. The number of thiophene rings is 1. The molecule has 0 aliphatic rings. The van der Waals surface area contributed by atoms with Crippen molar-refractivity contribution in [3.8, 4) is 0 Å². The van der Waals surface area contributed by atoms with E-state index in [4.69, 9.17) is 0 Å². The van der Waals surface area contributed by atoms with E-state index in [0.717, 1.165) is 17.8 Å². The lowest BCUT2D eigenvalue weighted by molar-refractivity contribution is 0.0951. The lowest BCUT2D eigenvalue weighted by Crippen LogP contribution is -2.22. The Hall–Kier alpha value is -1.81. The molecule has 2 rings (SSSR count). The molecule has 2 N–H and O–H groups in total. The van der Waals surface area contributed by atoms with Gasteiger partial charge in [0.25, 0.3) is 5.91 Å². The van der Waals surface area contributed by atoms with Crippen LogP contribution < -0.4 is 10.6 Å². The van der Waals surface area contributed by atoms with Crippen molar-refractivity contribution in [1.29, 1.82) is 0 Å². The molecular weight excluding hydrogens is 244 g/mol. The van der Waals surface area contributed by atoms with Gasteiger partial charge in [0.2, 0.25) is 0 Å². The van der Waals surface area contributed by atoms with Gasteiger partial charge in [-0.15, -0.1) is 0 Å². The van der Waals surface area contributed by atoms with Gasteiger partial charge in [0.05, 0.1) is 0 Å². The zero-order valence-corrected chi connectivity index (χ0v) is 11.1. The third-order valence-electron chi connectivity index (χ3n) is 2.56. The van der Waals surface area contributed by atoms with Gasteiger partial charge >= 0.3 is 0 Å². The number of amides is 1. The molecule has 94 valence electrons. The van der Waals surface area contributed by atoms with E-state index < -0.39 is 0 Å². The minimum absolute atomic E-state index is 0.0377. The normalized spacial score (nSPS) is 10.1. The monoisotopic (exact) mass is 260 g/mol. The van der Waals surface area contributed by atoms with Gasteiger partial charge in [0.1, 0.15) is 0 Å². The summed E-state index contributed by atoms with van der Waals surface area (Å²) in [5.41, 5.74) is 2.86. The van der Waals surface area contributed by atoms with Crippen LogP contribution in [0.15, 0.2) is 41.1 Å². The number of hydrogen-bond donors (Lipinski definition) is 2. The second-order valence-electron chi connectivity index (χ2n) is 3.92. The summed E-state index contributed by atoms with van der Waals surface area (Å²) < 4.78 is 0. The summed E-state index contributed by atoms with van der Waals surface area (Å²) in [6, 6.07) is 9.52. The molecule has 3 nitrogen and oxygen atoms in total. The van der Waals surface area contributed by atoms with Gasteiger partial charge in [-0.1, -0.05) is 0 Å². The molecule has 1 heterocycles. The Labute approximate surface area is 111 Å². The van der Waals surface area contributed by atoms with Crippen LogP contribution in [0, 0.1) is 0 Å². The molecule has 18 heavy (non-hydrogen) atoms. The zero-order chi connectivity index (χ0) is 12.8. The number of nitrogens with one attached hydrogen (secondary N) is 2. The molecule has 0 bridgehead atoms. The second kappa shape index (κ2) is 6.21. The maximum atomic E-state index is 11.9. The molecule has 0 aliphatic carbocycles. The van der Waals surface area contributed by atoms with Crippen LogP contribution in [0.5, 0.6) is 0 Å². The van der Waals surface area contributed by atoms with Crippen molar-refractivity contribution in [2.24, 2.45) is 0 Å². The largest absolute Gasteiger partial charge is 0.385 e. The lowest BCUT2D eigenvalue weighted by atomic mass is 10.2. The molecule has 0 unspecified atom stereocenters. The minimum atomic E-state index is -0.0377. The average molecular weight is 260 g/mol. The number of benzene rings is 1. The lowest BCUT2D eigenvalue weighted by Gasteiger charge is -2.06. The topological polar surface area (TPSA) is 41.1 Å². The van der Waals surface area contributed by atoms with Crippen molar-refractivity contribution in [1.82, 2.24) is 5.32 Å². The van der Waals surface area contributed by atoms with Gasteiger partial charge < -0.3 is 10.6 Å². The number of carbonyl (C=O) groups excluding carboxylic acids is 1. The van der Waals surface area contributed by atoms with Gasteiger partial charge in [0.15, 0.2) is 0 Å². The zero-order valence-electron chi connectivity index (χ0n) is 10.3. The Balaban J connectivity index is 1.92. The Kier molecular flexibility index (Phi) is 4.36. The predicted octanol–water partition coefficient (Wildman–Crippen LogP) is 3.11. The molecular formula is C14H16N2OS. The fourth-order valence-electron chi connectivity index (χ4n) is 1.62. The molecule has 1 amide bonds. The fraction of sp³-hybridized carbons (Fsp3) is 0.214. The third-order valence-corrected chi connectivity index (χ3v) is 3.29. The summed E-state index contributed by atoms with van der Waals surface area (Å²) in [4.78, 5) is 11.9. The van der Waals surface area contributed by atoms with Crippen LogP contribution >= 0.6 is 11.3 Å². The van der Waals surface area contributed by atoms with Gasteiger partial charge in [0, 0.05) is 24.3 Å². The highest BCUT2D eigenvalue weighted by Crippen LogP contribution is 2.10. The fourth-order valence-corrected chi connectivity index (χ4v) is 2.29. The first-order valence-corrected chi connectivity index (χ1v) is 6.87. The van der Waals surface area contributed by atoms with Crippen molar-refractivity contribution in [3.05, 3.63) is 52.2 Å². The number of rotatable bonds is 5. The summed E-state index contributed by atoms with van der Waals surface area (Å²) in [5, 5.41) is 10.1. The van der Waals surface area contributed by atoms with E-state index in [9.17, 15) is 4.79 Å². The van der Waals surface area contributed by atoms with E-state index in [1.165, 1.54) is 0 Å². The third kappa shape index (κ3) is 3.34. The molecule has 0 spiro atoms. The highest BCUT2D eigenvalue weighted by molar-refractivity contribution is 7.07. The van der Waals surface area contributed by atoms with Crippen LogP contribution in [-0.2, 0) is 6.54 Å². The molecule has 0 aliphatic heterocycles. The summed E-state index contributed by atoms with van der Waals surface area (Å²) in [6.45, 7) is 3.50. The molecule has 1 aromatic carbocycles. The Morgan fingerprint density at radius 3 is 2.61 bits per heavy atom. The van der Waals surface area contributed by atoms with E-state index in [1.807, 2.05) is 48.0 Å². The highest BCUT2D eigenvalue weighted by Gasteiger charge is 2.04. The quantitative estimate of drug-likeness (QED) is 0.867. The average Bonchev–Trinajstić information content (AvgIpc) is 2.90. The van der Waals surface area contributed by atoms with Crippen molar-refractivity contribution in [2.45, 2.75) is 13.5 Å². The van der Waals surface area contributed by atoms with E-state index >= 15 is 0 Å². The molecule has 1 aromatic heterocycles. The van der Waals surface area contributed by atoms with Crippen molar-refractivity contribution < 1.29 is 4.79 Å². The summed E-state index contributed by atoms with van der Waals surface area (Å²) in [5.74, 6) is -0.0377. The van der Waals surface area contributed by atoms with Gasteiger partial charge in [-0.25, -0.2) is 0 Å². The van der Waals surface area contributed by atoms with Crippen LogP contribution in [0.2, 0.25) is 0 Å². The van der Waals surface area contributed by atoms with Gasteiger partial charge in [-0.3, -0.25) is 4.79 Å². The molecule has 0 saturated heterocycles. The van der Waals surface area contributed by atoms with E-state index in [-0.39, 0.29) is 5.91 Å². The number of anilines is 1. The molecule has 0 fully saturated rings. The number of hydrogen-bond acceptors (Lipinski definition) is 3. The van der Waals surface area contributed by atoms with Crippen LogP contribution in [0.1, 0.15) is 22.8 Å². The Morgan fingerprint density at radius 2 is 2.00 bits per heavy atom. The summed E-state index contributed by atoms with van der Waals surface area (Å²) in [6.07, 6.45) is 0. The van der Waals surface area contributed by atoms with Gasteiger partial charge in [-0.2, -0.15) is 11.3 Å². The second-order valence-corrected chi connectivity index (χ2v) is 4.70. The molecule has 0 atom stereocenters. The number of carbonyl (C=O) groups is 1. The minimum Gasteiger partial charge on any atom is -0.385 e. The summed E-state index contributed by atoms with van der Waals surface area (Å²) in [7, 11) is 0. The molecule has 0 radical (unpaired) electrons.